The van der Waals surface area contributed by atoms with E-state index in [1.165, 1.54) is 0 Å². The van der Waals surface area contributed by atoms with Crippen molar-refractivity contribution >= 4 is 25.8 Å². The van der Waals surface area contributed by atoms with Gasteiger partial charge in [0.05, 0.1) is 37.0 Å². The van der Waals surface area contributed by atoms with E-state index in [4.69, 9.17) is 18.1 Å². The highest BCUT2D eigenvalue weighted by molar-refractivity contribution is 7.64. The van der Waals surface area contributed by atoms with Gasteiger partial charge in [0.2, 0.25) is 0 Å². The minimum Gasteiger partial charge on any atom is -0.305 e. The Morgan fingerprint density at radius 3 is 0.739 bits per heavy atom. The van der Waals surface area contributed by atoms with Crippen molar-refractivity contribution in [3.63, 3.8) is 0 Å². The molecule has 0 N–H and O–H groups in total. The molecule has 0 amide bonds. The fourth-order valence-electron chi connectivity index (χ4n) is 5.83. The first-order valence-corrected chi connectivity index (χ1v) is 18.8. The van der Waals surface area contributed by atoms with Gasteiger partial charge in [-0.15, -0.1) is 0 Å². The molecule has 0 aliphatic heterocycles. The molecule has 0 aliphatic carbocycles. The molecule has 0 bridgehead atoms. The molecule has 0 atom stereocenters. The molecule has 5 rings (SSSR count). The second-order valence-corrected chi connectivity index (χ2v) is 14.2. The highest BCUT2D eigenvalue weighted by atomic mass is 31.2. The number of hydrogen-bond acceptors (Lipinski definition) is 6. The SMILES string of the molecule is CCOP(=O)(OCC)c1c(-c2ccccc2)c(-c2ccccc2)c(P(=O)(OCC)OCC)c(-c2ccccc2)c1-c1ccccc1. The Balaban J connectivity index is 2.22. The van der Waals surface area contributed by atoms with Gasteiger partial charge in [-0.05, 0) is 49.9 Å². The summed E-state index contributed by atoms with van der Waals surface area (Å²) < 4.78 is 55.6. The van der Waals surface area contributed by atoms with Crippen LogP contribution in [0.4, 0.5) is 0 Å². The molecule has 46 heavy (non-hydrogen) atoms. The van der Waals surface area contributed by atoms with Crippen molar-refractivity contribution in [2.75, 3.05) is 26.4 Å². The van der Waals surface area contributed by atoms with Crippen LogP contribution in [-0.4, -0.2) is 26.4 Å². The van der Waals surface area contributed by atoms with E-state index in [0.717, 1.165) is 22.3 Å². The van der Waals surface area contributed by atoms with Crippen LogP contribution in [0.5, 0.6) is 0 Å². The van der Waals surface area contributed by atoms with Crippen LogP contribution in [0.1, 0.15) is 27.7 Å². The van der Waals surface area contributed by atoms with E-state index in [9.17, 15) is 0 Å². The van der Waals surface area contributed by atoms with Crippen LogP contribution in [0.25, 0.3) is 44.5 Å². The van der Waals surface area contributed by atoms with Gasteiger partial charge < -0.3 is 18.1 Å². The van der Waals surface area contributed by atoms with Gasteiger partial charge in [0.1, 0.15) is 0 Å². The van der Waals surface area contributed by atoms with Gasteiger partial charge in [-0.25, -0.2) is 0 Å². The van der Waals surface area contributed by atoms with Crippen LogP contribution in [-0.2, 0) is 27.2 Å². The molecule has 0 radical (unpaired) electrons. The molecule has 5 aromatic rings. The van der Waals surface area contributed by atoms with Crippen molar-refractivity contribution in [2.45, 2.75) is 27.7 Å². The predicted octanol–water partition coefficient (Wildman–Crippen LogP) is 10.1. The van der Waals surface area contributed by atoms with E-state index >= 15 is 9.13 Å². The van der Waals surface area contributed by atoms with Gasteiger partial charge in [0, 0.05) is 22.3 Å². The summed E-state index contributed by atoms with van der Waals surface area (Å²) in [7, 11) is -8.09. The number of hydrogen-bond donors (Lipinski definition) is 0. The summed E-state index contributed by atoms with van der Waals surface area (Å²) in [5.74, 6) is 0. The Hall–Kier alpha value is -3.60. The second-order valence-electron chi connectivity index (χ2n) is 10.3. The van der Waals surface area contributed by atoms with E-state index in [2.05, 4.69) is 0 Å². The maximum Gasteiger partial charge on any atom is 0.362 e. The first-order chi connectivity index (χ1) is 22.4. The predicted molar refractivity (Wildman–Crippen MR) is 189 cm³/mol. The van der Waals surface area contributed by atoms with E-state index in [1.807, 2.05) is 121 Å². The lowest BCUT2D eigenvalue weighted by atomic mass is 9.85. The zero-order valence-corrected chi connectivity index (χ0v) is 28.5. The molecule has 238 valence electrons. The Labute approximate surface area is 272 Å². The molecule has 0 heterocycles. The van der Waals surface area contributed by atoms with Gasteiger partial charge in [-0.2, -0.15) is 0 Å². The van der Waals surface area contributed by atoms with Gasteiger partial charge in [-0.3, -0.25) is 9.13 Å². The fraction of sp³-hybridized carbons (Fsp3) is 0.211. The fourth-order valence-corrected chi connectivity index (χ4v) is 9.91. The van der Waals surface area contributed by atoms with E-state index in [-0.39, 0.29) is 26.4 Å². The maximum atomic E-state index is 15.4. The average Bonchev–Trinajstić information content (AvgIpc) is 3.09. The van der Waals surface area contributed by atoms with Crippen molar-refractivity contribution in [1.82, 2.24) is 0 Å². The highest BCUT2D eigenvalue weighted by Crippen LogP contribution is 2.59. The molecule has 0 aliphatic rings. The third kappa shape index (κ3) is 6.75. The van der Waals surface area contributed by atoms with Crippen LogP contribution < -0.4 is 10.6 Å². The van der Waals surface area contributed by atoms with Crippen LogP contribution in [0.15, 0.2) is 121 Å². The standard InChI is InChI=1S/C38H40O6P2/c1-5-41-45(39,42-6-2)37-33(29-21-13-9-14-22-29)35(31-25-17-11-18-26-31)38(46(40,43-7-3)44-8-4)36(32-27-19-12-20-28-32)34(37)30-23-15-10-16-24-30/h9-28H,5-8H2,1-4H3. The minimum atomic E-state index is -4.05. The Bertz CT molecular complexity index is 1570. The lowest BCUT2D eigenvalue weighted by molar-refractivity contribution is 0.228. The van der Waals surface area contributed by atoms with Crippen molar-refractivity contribution < 1.29 is 27.2 Å². The lowest BCUT2D eigenvalue weighted by Crippen LogP contribution is -2.27. The van der Waals surface area contributed by atoms with Crippen LogP contribution in [0.3, 0.4) is 0 Å². The summed E-state index contributed by atoms with van der Waals surface area (Å²) >= 11 is 0. The minimum absolute atomic E-state index is 0.152. The Morgan fingerprint density at radius 1 is 0.370 bits per heavy atom. The molecule has 0 aromatic heterocycles. The van der Waals surface area contributed by atoms with E-state index in [0.29, 0.717) is 32.9 Å². The summed E-state index contributed by atoms with van der Waals surface area (Å²) in [5.41, 5.74) is 5.38. The summed E-state index contributed by atoms with van der Waals surface area (Å²) in [6.07, 6.45) is 0. The normalized spacial score (nSPS) is 11.9. The summed E-state index contributed by atoms with van der Waals surface area (Å²) in [5, 5.41) is 0.796. The highest BCUT2D eigenvalue weighted by Gasteiger charge is 2.43. The largest absolute Gasteiger partial charge is 0.362 e. The molecule has 6 nitrogen and oxygen atoms in total. The molecule has 0 saturated heterocycles. The lowest BCUT2D eigenvalue weighted by Gasteiger charge is -2.32. The smallest absolute Gasteiger partial charge is 0.305 e. The molecule has 0 unspecified atom stereocenters. The topological polar surface area (TPSA) is 71.1 Å². The molecular weight excluding hydrogens is 614 g/mol. The Morgan fingerprint density at radius 2 is 0.565 bits per heavy atom. The second kappa shape index (κ2) is 15.3. The third-order valence-corrected chi connectivity index (χ3v) is 11.8. The van der Waals surface area contributed by atoms with Crippen molar-refractivity contribution in [1.29, 1.82) is 0 Å². The maximum absolute atomic E-state index is 15.4. The van der Waals surface area contributed by atoms with Crippen molar-refractivity contribution in [3.05, 3.63) is 121 Å². The molecule has 5 aromatic carbocycles. The zero-order valence-electron chi connectivity index (χ0n) is 26.7. The molecule has 0 fully saturated rings. The van der Waals surface area contributed by atoms with E-state index < -0.39 is 15.2 Å². The van der Waals surface area contributed by atoms with Crippen molar-refractivity contribution in [3.8, 4) is 44.5 Å². The van der Waals surface area contributed by atoms with Gasteiger partial charge in [-0.1, -0.05) is 121 Å². The summed E-state index contributed by atoms with van der Waals surface area (Å²) in [6.45, 7) is 7.83. The summed E-state index contributed by atoms with van der Waals surface area (Å²) in [4.78, 5) is 0. The average molecular weight is 655 g/mol. The number of rotatable bonds is 14. The zero-order chi connectivity index (χ0) is 32.6. The first kappa shape index (κ1) is 33.8. The van der Waals surface area contributed by atoms with Gasteiger partial charge in [0.25, 0.3) is 0 Å². The third-order valence-electron chi connectivity index (χ3n) is 7.44. The van der Waals surface area contributed by atoms with E-state index in [1.54, 1.807) is 27.7 Å². The molecule has 0 spiro atoms. The Kier molecular flexibility index (Phi) is 11.2. The molecule has 8 heteroatoms. The molecule has 0 saturated carbocycles. The van der Waals surface area contributed by atoms with Crippen LogP contribution >= 0.6 is 15.2 Å². The van der Waals surface area contributed by atoms with Crippen LogP contribution in [0, 0.1) is 0 Å². The number of benzene rings is 5. The molecular formula is C38H40O6P2. The van der Waals surface area contributed by atoms with Crippen molar-refractivity contribution in [2.24, 2.45) is 0 Å². The quantitative estimate of drug-likeness (QED) is 0.111. The van der Waals surface area contributed by atoms with Crippen LogP contribution in [0.2, 0.25) is 0 Å². The van der Waals surface area contributed by atoms with Gasteiger partial charge in [0.15, 0.2) is 0 Å². The first-order valence-electron chi connectivity index (χ1n) is 15.7. The summed E-state index contributed by atoms with van der Waals surface area (Å²) in [6, 6.07) is 38.8. The van der Waals surface area contributed by atoms with Gasteiger partial charge >= 0.3 is 15.2 Å². The monoisotopic (exact) mass is 654 g/mol.